The summed E-state index contributed by atoms with van der Waals surface area (Å²) < 4.78 is 13.3. The summed E-state index contributed by atoms with van der Waals surface area (Å²) in [7, 11) is -2.49. The topological polar surface area (TPSA) is 41.5 Å². The smallest absolute Gasteiger partial charge is 0.148 e. The molecule has 272 valence electrons. The average Bonchev–Trinajstić information content (AvgIpc) is 2.97. The molecule has 4 heteroatoms. The third-order valence-corrected chi connectivity index (χ3v) is 11.6. The van der Waals surface area contributed by atoms with Crippen LogP contribution in [0.15, 0.2) is 54.6 Å². The summed E-state index contributed by atoms with van der Waals surface area (Å²) in [6.07, 6.45) is 4.84. The molecule has 0 aliphatic heterocycles. The van der Waals surface area contributed by atoms with Gasteiger partial charge in [0.1, 0.15) is 20.0 Å². The number of benzene rings is 4. The van der Waals surface area contributed by atoms with Crippen LogP contribution in [0.25, 0.3) is 21.5 Å². The van der Waals surface area contributed by atoms with Gasteiger partial charge in [0.05, 0.1) is 0 Å². The van der Waals surface area contributed by atoms with E-state index in [9.17, 15) is 4.89 Å². The molecule has 0 heterocycles. The van der Waals surface area contributed by atoms with Crippen LogP contribution in [0.5, 0.6) is 5.75 Å². The molecule has 1 fully saturated rings. The lowest BCUT2D eigenvalue weighted by molar-refractivity contribution is -0.211. The van der Waals surface area contributed by atoms with Crippen LogP contribution < -0.4 is 9.42 Å². The largest absolute Gasteiger partial charge is 0.776 e. The summed E-state index contributed by atoms with van der Waals surface area (Å²) in [5.74, 6) is 0.639. The van der Waals surface area contributed by atoms with Gasteiger partial charge < -0.3 is 13.9 Å². The van der Waals surface area contributed by atoms with Crippen LogP contribution in [0, 0.1) is 0 Å². The van der Waals surface area contributed by atoms with E-state index in [-0.39, 0.29) is 27.1 Å². The fraction of sp³-hybridized carbons (Fsp3) is 0.565. The average molecular weight is 696 g/mol. The van der Waals surface area contributed by atoms with Crippen LogP contribution >= 0.6 is 8.60 Å². The summed E-state index contributed by atoms with van der Waals surface area (Å²) in [5.41, 5.74) is 6.40. The Labute approximate surface area is 305 Å². The highest BCUT2D eigenvalue weighted by Crippen LogP contribution is 2.53. The Morgan fingerprint density at radius 3 is 1.60 bits per heavy atom. The van der Waals surface area contributed by atoms with Crippen molar-refractivity contribution in [2.24, 2.45) is 0 Å². The molecule has 0 radical (unpaired) electrons. The molecule has 4 aromatic rings. The van der Waals surface area contributed by atoms with Crippen LogP contribution in [0.2, 0.25) is 0 Å². The van der Waals surface area contributed by atoms with Crippen LogP contribution in [0.3, 0.4) is 0 Å². The van der Waals surface area contributed by atoms with Gasteiger partial charge in [-0.2, -0.15) is 0 Å². The van der Waals surface area contributed by atoms with Crippen LogP contribution in [-0.2, 0) is 37.2 Å². The van der Waals surface area contributed by atoms with E-state index in [0.29, 0.717) is 5.75 Å². The third kappa shape index (κ3) is 8.11. The van der Waals surface area contributed by atoms with Crippen molar-refractivity contribution in [3.8, 4) is 5.75 Å². The van der Waals surface area contributed by atoms with E-state index in [1.807, 2.05) is 0 Å². The molecule has 1 aliphatic rings. The molecule has 0 bridgehead atoms. The Morgan fingerprint density at radius 1 is 0.520 bits per heavy atom. The predicted octanol–water partition coefficient (Wildman–Crippen LogP) is 13.3. The molecule has 5 rings (SSSR count). The molecule has 1 atom stereocenters. The van der Waals surface area contributed by atoms with Crippen molar-refractivity contribution < 1.29 is 13.9 Å². The minimum atomic E-state index is -2.49. The number of rotatable bonds is 5. The Kier molecular flexibility index (Phi) is 10.2. The van der Waals surface area contributed by atoms with Crippen molar-refractivity contribution in [1.82, 2.24) is 0 Å². The maximum Gasteiger partial charge on any atom is 0.148 e. The van der Waals surface area contributed by atoms with Crippen molar-refractivity contribution in [3.63, 3.8) is 0 Å². The summed E-state index contributed by atoms with van der Waals surface area (Å²) in [6, 6.07) is 20.5. The fourth-order valence-electron chi connectivity index (χ4n) is 7.64. The van der Waals surface area contributed by atoms with E-state index in [4.69, 9.17) is 9.05 Å². The van der Waals surface area contributed by atoms with Crippen LogP contribution in [-0.4, -0.2) is 0 Å². The normalized spacial score (nSPS) is 17.0. The molecule has 1 saturated carbocycles. The van der Waals surface area contributed by atoms with Crippen molar-refractivity contribution >= 4 is 30.1 Å². The van der Waals surface area contributed by atoms with E-state index >= 15 is 0 Å². The highest BCUT2D eigenvalue weighted by Gasteiger charge is 2.41. The second-order valence-electron chi connectivity index (χ2n) is 20.3. The molecular weight excluding hydrogens is 631 g/mol. The zero-order chi connectivity index (χ0) is 37.2. The number of hydrogen-bond acceptors (Lipinski definition) is 3. The first kappa shape index (κ1) is 38.8. The minimum Gasteiger partial charge on any atom is -0.776 e. The Balaban J connectivity index is 1.65. The summed E-state index contributed by atoms with van der Waals surface area (Å²) in [6.45, 7) is 34.0. The first-order chi connectivity index (χ1) is 22.8. The van der Waals surface area contributed by atoms with Gasteiger partial charge in [-0.1, -0.05) is 160 Å². The van der Waals surface area contributed by atoms with E-state index in [0.717, 1.165) is 43.1 Å². The predicted molar refractivity (Wildman–Crippen MR) is 215 cm³/mol. The lowest BCUT2D eigenvalue weighted by atomic mass is 9.70. The summed E-state index contributed by atoms with van der Waals surface area (Å²) in [4.78, 5) is 14.4. The maximum absolute atomic E-state index is 14.4. The van der Waals surface area contributed by atoms with Crippen molar-refractivity contribution in [2.45, 2.75) is 169 Å². The van der Waals surface area contributed by atoms with Gasteiger partial charge in [-0.3, -0.25) is 0 Å². The zero-order valence-corrected chi connectivity index (χ0v) is 34.8. The van der Waals surface area contributed by atoms with E-state index in [1.54, 1.807) is 0 Å². The fourth-order valence-corrected chi connectivity index (χ4v) is 8.56. The van der Waals surface area contributed by atoms with Gasteiger partial charge in [0.2, 0.25) is 0 Å². The van der Waals surface area contributed by atoms with Gasteiger partial charge in [-0.15, -0.1) is 0 Å². The molecule has 4 aromatic carbocycles. The zero-order valence-electron chi connectivity index (χ0n) is 33.9. The van der Waals surface area contributed by atoms with Gasteiger partial charge in [-0.25, -0.2) is 0 Å². The summed E-state index contributed by atoms with van der Waals surface area (Å²) >= 11 is 0. The third-order valence-electron chi connectivity index (χ3n) is 10.8. The van der Waals surface area contributed by atoms with Gasteiger partial charge in [0.15, 0.2) is 0 Å². The number of hydrogen-bond donors (Lipinski definition) is 0. The minimum absolute atomic E-state index is 0.0295. The van der Waals surface area contributed by atoms with Gasteiger partial charge in [0, 0.05) is 5.56 Å². The van der Waals surface area contributed by atoms with E-state index in [1.165, 1.54) is 44.0 Å². The molecule has 0 aromatic heterocycles. The van der Waals surface area contributed by atoms with Gasteiger partial charge >= 0.3 is 0 Å². The van der Waals surface area contributed by atoms with Crippen molar-refractivity contribution in [2.75, 3.05) is 0 Å². The molecule has 1 unspecified atom stereocenters. The molecule has 1 aliphatic carbocycles. The standard InChI is InChI=1S/C46H64O3P/c1-41(2,3)33-20-19-30-27-40(39(45(13,14)15)25-31(30)23-33)48-50(47)49-46(21-17-16-18-22-46)38-29-35-32(26-37(38)44(10,11)12)24-34(42(4,5)6)28-36(35)43(7,8)9/h19-20,23-29H,16-18,21-22H2,1-15H3/q-1. The molecule has 0 spiro atoms. The van der Waals surface area contributed by atoms with Crippen LogP contribution in [0.4, 0.5) is 0 Å². The second kappa shape index (κ2) is 13.2. The Bertz CT molecular complexity index is 1860. The Morgan fingerprint density at radius 2 is 1.06 bits per heavy atom. The first-order valence-corrected chi connectivity index (χ1v) is 20.0. The lowest BCUT2D eigenvalue weighted by Gasteiger charge is -2.44. The van der Waals surface area contributed by atoms with Crippen molar-refractivity contribution in [3.05, 3.63) is 88.0 Å². The van der Waals surface area contributed by atoms with E-state index in [2.05, 4.69) is 158 Å². The Hall–Kier alpha value is -2.45. The van der Waals surface area contributed by atoms with E-state index < -0.39 is 14.2 Å². The highest BCUT2D eigenvalue weighted by atomic mass is 31.2. The molecule has 0 amide bonds. The highest BCUT2D eigenvalue weighted by molar-refractivity contribution is 7.39. The molecular formula is C46H64O3P-. The lowest BCUT2D eigenvalue weighted by Crippen LogP contribution is -2.35. The first-order valence-electron chi connectivity index (χ1n) is 18.9. The monoisotopic (exact) mass is 695 g/mol. The second-order valence-corrected chi connectivity index (χ2v) is 21.1. The number of fused-ring (bicyclic) bond motifs is 2. The van der Waals surface area contributed by atoms with Crippen LogP contribution in [0.1, 0.15) is 169 Å². The maximum atomic E-state index is 14.4. The quantitative estimate of drug-likeness (QED) is 0.195. The molecule has 3 nitrogen and oxygen atoms in total. The van der Waals surface area contributed by atoms with Gasteiger partial charge in [0.25, 0.3) is 0 Å². The molecule has 0 N–H and O–H groups in total. The van der Waals surface area contributed by atoms with Gasteiger partial charge in [-0.05, 0) is 107 Å². The van der Waals surface area contributed by atoms with Crippen molar-refractivity contribution in [1.29, 1.82) is 0 Å². The SMILES string of the molecule is CC(C)(C)c1ccc2cc(OP([O-])OC3(c4cc5c(C(C)(C)C)cc(C(C)(C)C)cc5cc4C(C)(C)C)CCCCC3)c(C(C)(C)C)cc2c1. The molecule has 0 saturated heterocycles. The molecule has 50 heavy (non-hydrogen) atoms. The summed E-state index contributed by atoms with van der Waals surface area (Å²) in [5, 5.41) is 4.77.